The van der Waals surface area contributed by atoms with Crippen LogP contribution in [0.1, 0.15) is 24.0 Å². The molecule has 0 saturated carbocycles. The number of hydrogen-bond acceptors (Lipinski definition) is 4. The number of phenols is 1. The lowest BCUT2D eigenvalue weighted by Crippen LogP contribution is -2.47. The second kappa shape index (κ2) is 6.52. The molecule has 1 unspecified atom stereocenters. The van der Waals surface area contributed by atoms with E-state index >= 15 is 0 Å². The van der Waals surface area contributed by atoms with E-state index in [0.29, 0.717) is 19.4 Å². The predicted molar refractivity (Wildman–Crippen MR) is 75.4 cm³/mol. The summed E-state index contributed by atoms with van der Waals surface area (Å²) in [5.74, 6) is 0.232. The van der Waals surface area contributed by atoms with E-state index in [-0.39, 0.29) is 17.7 Å². The fourth-order valence-corrected chi connectivity index (χ4v) is 2.70. The zero-order valence-electron chi connectivity index (χ0n) is 11.6. The summed E-state index contributed by atoms with van der Waals surface area (Å²) in [4.78, 5) is 24.6. The molecule has 0 saturated heterocycles. The fraction of sp³-hybridized carbons (Fsp3) is 0.467. The molecule has 5 nitrogen and oxygen atoms in total. The number of carbonyl (C=O) groups is 2. The predicted octanol–water partition coefficient (Wildman–Crippen LogP) is 0.844. The number of fused-ring (bicyclic) bond motifs is 1. The third-order valence-electron chi connectivity index (χ3n) is 3.78. The van der Waals surface area contributed by atoms with Gasteiger partial charge in [-0.1, -0.05) is 6.07 Å². The SMILES string of the molecule is CNC(=O)C(CCC=O)N1CCc2cc(O)ccc2C1. The summed E-state index contributed by atoms with van der Waals surface area (Å²) < 4.78 is 0. The van der Waals surface area contributed by atoms with Crippen molar-refractivity contribution in [1.29, 1.82) is 0 Å². The Morgan fingerprint density at radius 1 is 1.50 bits per heavy atom. The van der Waals surface area contributed by atoms with Crippen molar-refractivity contribution in [2.75, 3.05) is 13.6 Å². The minimum absolute atomic E-state index is 0.0471. The third kappa shape index (κ3) is 3.17. The molecule has 1 aliphatic heterocycles. The van der Waals surface area contributed by atoms with Crippen molar-refractivity contribution in [3.8, 4) is 5.75 Å². The van der Waals surface area contributed by atoms with Crippen LogP contribution in [0, 0.1) is 0 Å². The molecule has 0 aliphatic carbocycles. The maximum Gasteiger partial charge on any atom is 0.237 e. The number of aromatic hydroxyl groups is 1. The van der Waals surface area contributed by atoms with E-state index in [2.05, 4.69) is 10.2 Å². The summed E-state index contributed by atoms with van der Waals surface area (Å²) in [6.07, 6.45) is 2.58. The van der Waals surface area contributed by atoms with Crippen LogP contribution >= 0.6 is 0 Å². The second-order valence-corrected chi connectivity index (χ2v) is 5.05. The Bertz CT molecular complexity index is 502. The number of carbonyl (C=O) groups excluding carboxylic acids is 2. The third-order valence-corrected chi connectivity index (χ3v) is 3.78. The number of likely N-dealkylation sites (N-methyl/N-ethyl adjacent to an activating group) is 1. The number of rotatable bonds is 5. The highest BCUT2D eigenvalue weighted by Crippen LogP contribution is 2.25. The first-order valence-corrected chi connectivity index (χ1v) is 6.85. The van der Waals surface area contributed by atoms with Crippen LogP contribution in [0.5, 0.6) is 5.75 Å². The normalized spacial score (nSPS) is 16.2. The van der Waals surface area contributed by atoms with E-state index in [0.717, 1.165) is 30.4 Å². The van der Waals surface area contributed by atoms with Gasteiger partial charge in [0.1, 0.15) is 12.0 Å². The molecule has 1 amide bonds. The van der Waals surface area contributed by atoms with Crippen molar-refractivity contribution in [1.82, 2.24) is 10.2 Å². The minimum atomic E-state index is -0.271. The van der Waals surface area contributed by atoms with Crippen LogP contribution in [-0.4, -0.2) is 41.8 Å². The van der Waals surface area contributed by atoms with Crippen molar-refractivity contribution in [3.05, 3.63) is 29.3 Å². The molecular formula is C15H20N2O3. The molecule has 0 fully saturated rings. The van der Waals surface area contributed by atoms with Gasteiger partial charge in [0.25, 0.3) is 0 Å². The molecule has 5 heteroatoms. The Morgan fingerprint density at radius 2 is 2.30 bits per heavy atom. The van der Waals surface area contributed by atoms with Crippen LogP contribution < -0.4 is 5.32 Å². The lowest BCUT2D eigenvalue weighted by molar-refractivity contribution is -0.126. The van der Waals surface area contributed by atoms with E-state index in [1.165, 1.54) is 0 Å². The average Bonchev–Trinajstić information content (AvgIpc) is 2.47. The van der Waals surface area contributed by atoms with Gasteiger partial charge in [0.15, 0.2) is 0 Å². The highest BCUT2D eigenvalue weighted by atomic mass is 16.3. The molecule has 1 heterocycles. The maximum absolute atomic E-state index is 12.0. The van der Waals surface area contributed by atoms with Gasteiger partial charge in [0.2, 0.25) is 5.91 Å². The molecule has 0 spiro atoms. The van der Waals surface area contributed by atoms with Crippen LogP contribution in [0.2, 0.25) is 0 Å². The van der Waals surface area contributed by atoms with Gasteiger partial charge in [-0.2, -0.15) is 0 Å². The lowest BCUT2D eigenvalue weighted by Gasteiger charge is -2.34. The van der Waals surface area contributed by atoms with Crippen LogP contribution in [0.15, 0.2) is 18.2 Å². The average molecular weight is 276 g/mol. The fourth-order valence-electron chi connectivity index (χ4n) is 2.70. The molecule has 0 aromatic heterocycles. The zero-order valence-corrected chi connectivity index (χ0v) is 11.6. The van der Waals surface area contributed by atoms with Crippen molar-refractivity contribution >= 4 is 12.2 Å². The monoisotopic (exact) mass is 276 g/mol. The van der Waals surface area contributed by atoms with Crippen LogP contribution in [0.3, 0.4) is 0 Å². The molecule has 2 rings (SSSR count). The Kier molecular flexibility index (Phi) is 4.74. The quantitative estimate of drug-likeness (QED) is 0.782. The van der Waals surface area contributed by atoms with E-state index in [1.807, 2.05) is 6.07 Å². The smallest absolute Gasteiger partial charge is 0.237 e. The summed E-state index contributed by atoms with van der Waals surface area (Å²) in [5.41, 5.74) is 2.27. The zero-order chi connectivity index (χ0) is 14.5. The van der Waals surface area contributed by atoms with Crippen LogP contribution in [-0.2, 0) is 22.6 Å². The summed E-state index contributed by atoms with van der Waals surface area (Å²) >= 11 is 0. The largest absolute Gasteiger partial charge is 0.508 e. The molecule has 1 aromatic rings. The maximum atomic E-state index is 12.0. The molecule has 1 atom stereocenters. The van der Waals surface area contributed by atoms with Gasteiger partial charge in [0, 0.05) is 26.6 Å². The first-order valence-electron chi connectivity index (χ1n) is 6.85. The molecule has 0 radical (unpaired) electrons. The number of aldehydes is 1. The Balaban J connectivity index is 2.13. The van der Waals surface area contributed by atoms with Gasteiger partial charge >= 0.3 is 0 Å². The topological polar surface area (TPSA) is 69.6 Å². The van der Waals surface area contributed by atoms with Gasteiger partial charge in [-0.3, -0.25) is 9.69 Å². The van der Waals surface area contributed by atoms with Crippen LogP contribution in [0.4, 0.5) is 0 Å². The number of amides is 1. The standard InChI is InChI=1S/C15H20N2O3/c1-16-15(20)14(3-2-8-18)17-7-6-11-9-13(19)5-4-12(11)10-17/h4-5,8-9,14,19H,2-3,6-7,10H2,1H3,(H,16,20). The summed E-state index contributed by atoms with van der Waals surface area (Å²) in [5, 5.41) is 12.2. The first-order chi connectivity index (χ1) is 9.65. The first kappa shape index (κ1) is 14.5. The van der Waals surface area contributed by atoms with Crippen molar-refractivity contribution in [2.45, 2.75) is 31.8 Å². The Morgan fingerprint density at radius 3 is 3.00 bits per heavy atom. The van der Waals surface area contributed by atoms with Gasteiger partial charge < -0.3 is 15.2 Å². The van der Waals surface area contributed by atoms with Crippen molar-refractivity contribution in [2.24, 2.45) is 0 Å². The number of benzene rings is 1. The summed E-state index contributed by atoms with van der Waals surface area (Å²) in [6, 6.07) is 5.08. The molecule has 108 valence electrons. The summed E-state index contributed by atoms with van der Waals surface area (Å²) in [7, 11) is 1.62. The molecule has 1 aliphatic rings. The van der Waals surface area contributed by atoms with Gasteiger partial charge in [0.05, 0.1) is 6.04 Å². The van der Waals surface area contributed by atoms with Gasteiger partial charge in [-0.25, -0.2) is 0 Å². The molecule has 2 N–H and O–H groups in total. The van der Waals surface area contributed by atoms with E-state index in [4.69, 9.17) is 0 Å². The molecular weight excluding hydrogens is 256 g/mol. The Hall–Kier alpha value is -1.88. The van der Waals surface area contributed by atoms with Crippen molar-refractivity contribution < 1.29 is 14.7 Å². The van der Waals surface area contributed by atoms with Crippen LogP contribution in [0.25, 0.3) is 0 Å². The molecule has 20 heavy (non-hydrogen) atoms. The van der Waals surface area contributed by atoms with Gasteiger partial charge in [-0.05, 0) is 36.1 Å². The second-order valence-electron chi connectivity index (χ2n) is 5.05. The number of phenolic OH excluding ortho intramolecular Hbond substituents is 1. The lowest BCUT2D eigenvalue weighted by atomic mass is 9.97. The Labute approximate surface area is 118 Å². The van der Waals surface area contributed by atoms with Gasteiger partial charge in [-0.15, -0.1) is 0 Å². The number of nitrogens with zero attached hydrogens (tertiary/aromatic N) is 1. The highest BCUT2D eigenvalue weighted by Gasteiger charge is 2.27. The molecule has 0 bridgehead atoms. The van der Waals surface area contributed by atoms with E-state index in [9.17, 15) is 14.7 Å². The summed E-state index contributed by atoms with van der Waals surface area (Å²) in [6.45, 7) is 1.43. The molecule has 1 aromatic carbocycles. The van der Waals surface area contributed by atoms with Crippen molar-refractivity contribution in [3.63, 3.8) is 0 Å². The minimum Gasteiger partial charge on any atom is -0.508 e. The van der Waals surface area contributed by atoms with E-state index < -0.39 is 0 Å². The number of nitrogens with one attached hydrogen (secondary N) is 1. The highest BCUT2D eigenvalue weighted by molar-refractivity contribution is 5.81. The number of hydrogen-bond donors (Lipinski definition) is 2. The van der Waals surface area contributed by atoms with E-state index in [1.54, 1.807) is 19.2 Å².